The SMILES string of the molecule is C1=CNC=CC1.c1cc[nH]c1. The van der Waals surface area contributed by atoms with Gasteiger partial charge in [-0.15, -0.1) is 0 Å². The Morgan fingerprint density at radius 2 is 1.55 bits per heavy atom. The highest BCUT2D eigenvalue weighted by molar-refractivity contribution is 4.98. The van der Waals surface area contributed by atoms with Crippen LogP contribution in [0.4, 0.5) is 0 Å². The van der Waals surface area contributed by atoms with Gasteiger partial charge in [-0.25, -0.2) is 0 Å². The molecule has 11 heavy (non-hydrogen) atoms. The van der Waals surface area contributed by atoms with Crippen molar-refractivity contribution < 1.29 is 0 Å². The molecule has 2 N–H and O–H groups in total. The molecule has 2 heteroatoms. The van der Waals surface area contributed by atoms with Crippen LogP contribution >= 0.6 is 0 Å². The second kappa shape index (κ2) is 5.35. The molecule has 0 radical (unpaired) electrons. The first kappa shape index (κ1) is 7.66. The van der Waals surface area contributed by atoms with Crippen molar-refractivity contribution >= 4 is 0 Å². The Balaban J connectivity index is 0.000000112. The summed E-state index contributed by atoms with van der Waals surface area (Å²) in [7, 11) is 0. The normalized spacial score (nSPS) is 13.1. The molecular formula is C9H12N2. The van der Waals surface area contributed by atoms with E-state index in [9.17, 15) is 0 Å². The van der Waals surface area contributed by atoms with Crippen LogP contribution in [0.15, 0.2) is 49.1 Å². The molecule has 0 atom stereocenters. The van der Waals surface area contributed by atoms with Gasteiger partial charge in [0, 0.05) is 12.4 Å². The maximum Gasteiger partial charge on any atom is 0.000496 e. The third-order valence-corrected chi connectivity index (χ3v) is 1.20. The van der Waals surface area contributed by atoms with Crippen molar-refractivity contribution in [2.24, 2.45) is 0 Å². The van der Waals surface area contributed by atoms with E-state index in [0.717, 1.165) is 6.42 Å². The molecule has 0 bridgehead atoms. The van der Waals surface area contributed by atoms with Crippen LogP contribution in [0.5, 0.6) is 0 Å². The van der Waals surface area contributed by atoms with Gasteiger partial charge in [0.15, 0.2) is 0 Å². The van der Waals surface area contributed by atoms with Gasteiger partial charge in [-0.1, -0.05) is 12.2 Å². The van der Waals surface area contributed by atoms with E-state index in [0.29, 0.717) is 0 Å². The van der Waals surface area contributed by atoms with Crippen molar-refractivity contribution in [1.29, 1.82) is 0 Å². The van der Waals surface area contributed by atoms with Crippen LogP contribution in [0.3, 0.4) is 0 Å². The van der Waals surface area contributed by atoms with E-state index in [2.05, 4.69) is 22.5 Å². The summed E-state index contributed by atoms with van der Waals surface area (Å²) in [6.07, 6.45) is 12.8. The second-order valence-corrected chi connectivity index (χ2v) is 2.09. The number of hydrogen-bond acceptors (Lipinski definition) is 1. The van der Waals surface area contributed by atoms with Crippen molar-refractivity contribution in [3.05, 3.63) is 49.1 Å². The zero-order valence-corrected chi connectivity index (χ0v) is 6.33. The molecule has 0 aromatic carbocycles. The summed E-state index contributed by atoms with van der Waals surface area (Å²) in [4.78, 5) is 2.86. The first-order chi connectivity index (χ1) is 5.50. The van der Waals surface area contributed by atoms with Crippen LogP contribution in [0.25, 0.3) is 0 Å². The number of aromatic nitrogens is 1. The fourth-order valence-electron chi connectivity index (χ4n) is 0.684. The predicted molar refractivity (Wildman–Crippen MR) is 46.8 cm³/mol. The molecule has 0 unspecified atom stereocenters. The highest BCUT2D eigenvalue weighted by atomic mass is 14.8. The van der Waals surface area contributed by atoms with Gasteiger partial charge in [0.1, 0.15) is 0 Å². The van der Waals surface area contributed by atoms with Gasteiger partial charge in [-0.05, 0) is 31.0 Å². The molecule has 0 spiro atoms. The third kappa shape index (κ3) is 4.03. The third-order valence-electron chi connectivity index (χ3n) is 1.20. The molecule has 0 amide bonds. The molecule has 1 aromatic rings. The average Bonchev–Trinajstić information content (AvgIpc) is 2.64. The van der Waals surface area contributed by atoms with Crippen molar-refractivity contribution in [3.8, 4) is 0 Å². The van der Waals surface area contributed by atoms with E-state index < -0.39 is 0 Å². The predicted octanol–water partition coefficient (Wildman–Crippen LogP) is 2.02. The average molecular weight is 148 g/mol. The van der Waals surface area contributed by atoms with Crippen molar-refractivity contribution in [2.75, 3.05) is 0 Å². The maximum absolute atomic E-state index is 2.92. The van der Waals surface area contributed by atoms with E-state index in [4.69, 9.17) is 0 Å². The first-order valence-corrected chi connectivity index (χ1v) is 3.64. The van der Waals surface area contributed by atoms with Crippen LogP contribution in [0.1, 0.15) is 6.42 Å². The number of aromatic amines is 1. The lowest BCUT2D eigenvalue weighted by atomic mass is 10.4. The van der Waals surface area contributed by atoms with Crippen molar-refractivity contribution in [3.63, 3.8) is 0 Å². The fraction of sp³-hybridized carbons (Fsp3) is 0.111. The molecule has 0 saturated carbocycles. The molecule has 2 rings (SSSR count). The Hall–Kier alpha value is -1.44. The van der Waals surface area contributed by atoms with Crippen LogP contribution in [-0.2, 0) is 0 Å². The molecular weight excluding hydrogens is 136 g/mol. The molecule has 2 heterocycles. The largest absolute Gasteiger partial charge is 0.368 e. The Morgan fingerprint density at radius 1 is 0.909 bits per heavy atom. The topological polar surface area (TPSA) is 27.8 Å². The van der Waals surface area contributed by atoms with E-state index >= 15 is 0 Å². The molecule has 1 aliphatic rings. The van der Waals surface area contributed by atoms with Crippen molar-refractivity contribution in [2.45, 2.75) is 6.42 Å². The molecule has 0 saturated heterocycles. The number of H-pyrrole nitrogens is 1. The zero-order valence-electron chi connectivity index (χ0n) is 6.33. The van der Waals surface area contributed by atoms with Gasteiger partial charge in [0.25, 0.3) is 0 Å². The highest BCUT2D eigenvalue weighted by Crippen LogP contribution is 1.86. The summed E-state index contributed by atoms with van der Waals surface area (Å²) >= 11 is 0. The summed E-state index contributed by atoms with van der Waals surface area (Å²) < 4.78 is 0. The highest BCUT2D eigenvalue weighted by Gasteiger charge is 1.73. The molecule has 0 aliphatic carbocycles. The van der Waals surface area contributed by atoms with Crippen LogP contribution in [0, 0.1) is 0 Å². The van der Waals surface area contributed by atoms with Gasteiger partial charge < -0.3 is 10.3 Å². The minimum Gasteiger partial charge on any atom is -0.368 e. The van der Waals surface area contributed by atoms with Gasteiger partial charge in [0.05, 0.1) is 0 Å². The number of nitrogens with one attached hydrogen (secondary N) is 2. The summed E-state index contributed by atoms with van der Waals surface area (Å²) in [5.41, 5.74) is 0. The lowest BCUT2D eigenvalue weighted by molar-refractivity contribution is 1.11. The van der Waals surface area contributed by atoms with Gasteiger partial charge in [0.2, 0.25) is 0 Å². The second-order valence-electron chi connectivity index (χ2n) is 2.09. The quantitative estimate of drug-likeness (QED) is 0.578. The van der Waals surface area contributed by atoms with Gasteiger partial charge in [-0.3, -0.25) is 0 Å². The number of allylic oxidation sites excluding steroid dienone is 2. The lowest BCUT2D eigenvalue weighted by Gasteiger charge is -1.92. The molecule has 2 nitrogen and oxygen atoms in total. The summed E-state index contributed by atoms with van der Waals surface area (Å²) in [5.74, 6) is 0. The van der Waals surface area contributed by atoms with E-state index in [1.165, 1.54) is 0 Å². The standard InChI is InChI=1S/C5H7N.C4H5N/c1-2-4-6-5-3-1;1-2-4-5-3-1/h2-6H,1H2;1-5H. The Morgan fingerprint density at radius 3 is 1.73 bits per heavy atom. The van der Waals surface area contributed by atoms with Crippen LogP contribution in [-0.4, -0.2) is 4.98 Å². The minimum absolute atomic E-state index is 1.08. The number of dihydropyridines is 1. The maximum atomic E-state index is 2.92. The van der Waals surface area contributed by atoms with E-state index in [-0.39, 0.29) is 0 Å². The Labute approximate surface area is 66.6 Å². The molecule has 1 aliphatic heterocycles. The Bertz CT molecular complexity index is 172. The first-order valence-electron chi connectivity index (χ1n) is 3.64. The number of hydrogen-bond donors (Lipinski definition) is 2. The van der Waals surface area contributed by atoms with E-state index in [1.807, 2.05) is 36.9 Å². The summed E-state index contributed by atoms with van der Waals surface area (Å²) in [6, 6.07) is 3.89. The number of rotatable bonds is 0. The fourth-order valence-corrected chi connectivity index (χ4v) is 0.684. The lowest BCUT2D eigenvalue weighted by Crippen LogP contribution is -1.93. The minimum atomic E-state index is 1.08. The zero-order chi connectivity index (χ0) is 7.78. The van der Waals surface area contributed by atoms with Gasteiger partial charge in [-0.2, -0.15) is 0 Å². The molecule has 1 aromatic heterocycles. The van der Waals surface area contributed by atoms with Crippen LogP contribution in [0.2, 0.25) is 0 Å². The summed E-state index contributed by atoms with van der Waals surface area (Å²) in [5, 5.41) is 2.92. The monoisotopic (exact) mass is 148 g/mol. The molecule has 0 fully saturated rings. The smallest absolute Gasteiger partial charge is 0.000496 e. The van der Waals surface area contributed by atoms with Gasteiger partial charge >= 0.3 is 0 Å². The Kier molecular flexibility index (Phi) is 3.73. The van der Waals surface area contributed by atoms with Crippen LogP contribution < -0.4 is 5.32 Å². The van der Waals surface area contributed by atoms with E-state index in [1.54, 1.807) is 0 Å². The van der Waals surface area contributed by atoms with Crippen molar-refractivity contribution in [1.82, 2.24) is 10.3 Å². The summed E-state index contributed by atoms with van der Waals surface area (Å²) in [6.45, 7) is 0. The molecule has 58 valence electrons.